The first-order valence-corrected chi connectivity index (χ1v) is 12.2. The van der Waals surface area contributed by atoms with E-state index in [0.29, 0.717) is 30.6 Å². The Hall–Kier alpha value is -4.59. The minimum atomic E-state index is -0.889. The van der Waals surface area contributed by atoms with Crippen LogP contribution >= 0.6 is 0 Å². The van der Waals surface area contributed by atoms with Crippen molar-refractivity contribution in [3.8, 4) is 11.3 Å². The maximum Gasteiger partial charge on any atom is 0.326 e. The molecular formula is C29H29N5O3. The van der Waals surface area contributed by atoms with E-state index in [2.05, 4.69) is 37.7 Å². The summed E-state index contributed by atoms with van der Waals surface area (Å²) in [5, 5.41) is 16.3. The molecule has 2 aromatic heterocycles. The van der Waals surface area contributed by atoms with Crippen molar-refractivity contribution < 1.29 is 14.3 Å². The van der Waals surface area contributed by atoms with Crippen molar-refractivity contribution in [2.24, 2.45) is 0 Å². The van der Waals surface area contributed by atoms with Crippen LogP contribution in [-0.2, 0) is 17.8 Å². The van der Waals surface area contributed by atoms with E-state index in [9.17, 15) is 9.90 Å². The van der Waals surface area contributed by atoms with Gasteiger partial charge in [-0.05, 0) is 49.6 Å². The highest BCUT2D eigenvalue weighted by Crippen LogP contribution is 2.25. The molecule has 0 saturated heterocycles. The Kier molecular flexibility index (Phi) is 6.64. The highest BCUT2D eigenvalue weighted by molar-refractivity contribution is 5.79. The number of anilines is 2. The Morgan fingerprint density at radius 1 is 1.05 bits per heavy atom. The Morgan fingerprint density at radius 2 is 1.78 bits per heavy atom. The van der Waals surface area contributed by atoms with Gasteiger partial charge in [-0.2, -0.15) is 0 Å². The zero-order chi connectivity index (χ0) is 25.9. The molecule has 0 fully saturated rings. The smallest absolute Gasteiger partial charge is 0.326 e. The topological polar surface area (TPSA) is 116 Å². The van der Waals surface area contributed by atoms with Gasteiger partial charge in [-0.3, -0.25) is 0 Å². The van der Waals surface area contributed by atoms with Gasteiger partial charge in [0.05, 0.1) is 23.8 Å². The maximum absolute atomic E-state index is 12.0. The molecule has 0 aliphatic carbocycles. The van der Waals surface area contributed by atoms with E-state index in [1.54, 1.807) is 6.20 Å². The fraction of sp³-hybridized carbons (Fsp3) is 0.207. The molecule has 8 nitrogen and oxygen atoms in total. The van der Waals surface area contributed by atoms with E-state index < -0.39 is 12.0 Å². The Balaban J connectivity index is 1.23. The number of para-hydroxylation sites is 2. The number of nitrogens with one attached hydrogen (secondary N) is 3. The summed E-state index contributed by atoms with van der Waals surface area (Å²) in [5.74, 6) is 0.952. The lowest BCUT2D eigenvalue weighted by atomic mass is 10.0. The summed E-state index contributed by atoms with van der Waals surface area (Å²) < 4.78 is 5.92. The van der Waals surface area contributed by atoms with Gasteiger partial charge in [-0.1, -0.05) is 54.1 Å². The Bertz CT molecular complexity index is 1500. The molecule has 0 spiro atoms. The van der Waals surface area contributed by atoms with Crippen LogP contribution in [0.4, 0.5) is 11.6 Å². The van der Waals surface area contributed by atoms with Crippen LogP contribution in [0.5, 0.6) is 0 Å². The second-order valence-corrected chi connectivity index (χ2v) is 9.28. The van der Waals surface area contributed by atoms with E-state index in [1.807, 2.05) is 69.3 Å². The van der Waals surface area contributed by atoms with E-state index in [1.165, 1.54) is 0 Å². The molecule has 0 amide bonds. The van der Waals surface area contributed by atoms with E-state index in [0.717, 1.165) is 44.5 Å². The van der Waals surface area contributed by atoms with Crippen LogP contribution in [0.25, 0.3) is 22.4 Å². The number of carboxylic acids is 1. The monoisotopic (exact) mass is 495 g/mol. The van der Waals surface area contributed by atoms with E-state index in [4.69, 9.17) is 4.42 Å². The van der Waals surface area contributed by atoms with E-state index >= 15 is 0 Å². The summed E-state index contributed by atoms with van der Waals surface area (Å²) in [6, 6.07) is 18.9. The molecule has 2 heterocycles. The molecule has 0 radical (unpaired) electrons. The lowest BCUT2D eigenvalue weighted by Gasteiger charge is -2.20. The fourth-order valence-corrected chi connectivity index (χ4v) is 4.54. The third-order valence-corrected chi connectivity index (χ3v) is 6.32. The number of rotatable bonds is 9. The molecule has 37 heavy (non-hydrogen) atoms. The van der Waals surface area contributed by atoms with Gasteiger partial charge in [0.15, 0.2) is 5.76 Å². The number of benzene rings is 3. The van der Waals surface area contributed by atoms with Crippen LogP contribution < -0.4 is 10.6 Å². The van der Waals surface area contributed by atoms with Crippen LogP contribution in [0, 0.1) is 20.8 Å². The number of aryl methyl sites for hydroxylation is 3. The molecule has 0 aliphatic heterocycles. The number of fused-ring (bicyclic) bond motifs is 1. The van der Waals surface area contributed by atoms with Crippen molar-refractivity contribution in [1.82, 2.24) is 15.0 Å². The average molecular weight is 496 g/mol. The third kappa shape index (κ3) is 5.48. The summed E-state index contributed by atoms with van der Waals surface area (Å²) in [7, 11) is 0. The number of oxazole rings is 1. The first-order valence-electron chi connectivity index (χ1n) is 12.2. The van der Waals surface area contributed by atoms with Gasteiger partial charge >= 0.3 is 5.97 Å². The van der Waals surface area contributed by atoms with E-state index in [-0.39, 0.29) is 0 Å². The number of nitrogens with zero attached hydrogens (tertiary/aromatic N) is 2. The maximum atomic E-state index is 12.0. The molecule has 0 aliphatic rings. The predicted octanol–water partition coefficient (Wildman–Crippen LogP) is 5.86. The van der Waals surface area contributed by atoms with Gasteiger partial charge in [0.25, 0.3) is 0 Å². The number of aliphatic carboxylic acids is 1. The van der Waals surface area contributed by atoms with Crippen LogP contribution in [0.2, 0.25) is 0 Å². The molecule has 5 rings (SSSR count). The van der Waals surface area contributed by atoms with Gasteiger partial charge in [0.1, 0.15) is 6.04 Å². The number of carbonyl (C=O) groups is 1. The lowest BCUT2D eigenvalue weighted by Crippen LogP contribution is -2.32. The van der Waals surface area contributed by atoms with Gasteiger partial charge in [0.2, 0.25) is 11.8 Å². The van der Waals surface area contributed by atoms with Crippen LogP contribution in [0.15, 0.2) is 71.3 Å². The van der Waals surface area contributed by atoms with Gasteiger partial charge in [-0.25, -0.2) is 14.8 Å². The average Bonchev–Trinajstić information content (AvgIpc) is 3.51. The Labute approximate surface area is 214 Å². The number of carboxylic acid groups (broad SMARTS) is 1. The summed E-state index contributed by atoms with van der Waals surface area (Å²) in [6.45, 7) is 6.42. The van der Waals surface area contributed by atoms with Gasteiger partial charge in [0, 0.05) is 17.7 Å². The van der Waals surface area contributed by atoms with Crippen molar-refractivity contribution >= 4 is 28.6 Å². The van der Waals surface area contributed by atoms with Crippen LogP contribution in [-0.4, -0.2) is 32.1 Å². The summed E-state index contributed by atoms with van der Waals surface area (Å²) in [5.41, 5.74) is 7.74. The van der Waals surface area contributed by atoms with Crippen molar-refractivity contribution in [2.45, 2.75) is 39.8 Å². The zero-order valence-corrected chi connectivity index (χ0v) is 21.0. The summed E-state index contributed by atoms with van der Waals surface area (Å²) in [6.07, 6.45) is 2.04. The van der Waals surface area contributed by atoms with Crippen molar-refractivity contribution in [3.63, 3.8) is 0 Å². The van der Waals surface area contributed by atoms with Gasteiger partial charge < -0.3 is 25.1 Å². The quantitative estimate of drug-likeness (QED) is 0.202. The second-order valence-electron chi connectivity index (χ2n) is 9.28. The highest BCUT2D eigenvalue weighted by atomic mass is 16.4. The van der Waals surface area contributed by atoms with Crippen molar-refractivity contribution in [1.29, 1.82) is 0 Å². The highest BCUT2D eigenvalue weighted by Gasteiger charge is 2.20. The SMILES string of the molecule is Cc1cc(C)c(NC(Cc2ccc(-c3cnc(CNc4nc5ccccc5[nH]4)o3)cc2)C(=O)O)c(C)c1. The molecule has 188 valence electrons. The second kappa shape index (κ2) is 10.2. The molecule has 4 N–H and O–H groups in total. The van der Waals surface area contributed by atoms with Gasteiger partial charge in [-0.15, -0.1) is 0 Å². The summed E-state index contributed by atoms with van der Waals surface area (Å²) in [4.78, 5) is 24.1. The number of imidazole rings is 1. The molecule has 1 unspecified atom stereocenters. The molecule has 8 heteroatoms. The van der Waals surface area contributed by atoms with Crippen molar-refractivity contribution in [2.75, 3.05) is 10.6 Å². The lowest BCUT2D eigenvalue weighted by molar-refractivity contribution is -0.137. The standard InChI is InChI=1S/C29H29N5O3/c1-17-12-18(2)27(19(3)13-17)32-24(28(35)36)14-20-8-10-21(11-9-20)25-15-30-26(37-25)16-31-29-33-22-6-4-5-7-23(22)34-29/h4-13,15,24,32H,14,16H2,1-3H3,(H,35,36)(H2,31,33,34). The molecule has 1 atom stereocenters. The first-order chi connectivity index (χ1) is 17.9. The van der Waals surface area contributed by atoms with Crippen LogP contribution in [0.3, 0.4) is 0 Å². The fourth-order valence-electron chi connectivity index (χ4n) is 4.54. The number of hydrogen-bond acceptors (Lipinski definition) is 6. The predicted molar refractivity (Wildman–Crippen MR) is 145 cm³/mol. The first kappa shape index (κ1) is 24.1. The minimum absolute atomic E-state index is 0.353. The number of aromatic nitrogens is 3. The normalized spacial score (nSPS) is 12.0. The Morgan fingerprint density at radius 3 is 2.49 bits per heavy atom. The number of aromatic amines is 1. The van der Waals surface area contributed by atoms with Crippen LogP contribution in [0.1, 0.15) is 28.1 Å². The molecule has 0 bridgehead atoms. The minimum Gasteiger partial charge on any atom is -0.480 e. The molecule has 0 saturated carbocycles. The zero-order valence-electron chi connectivity index (χ0n) is 21.0. The molecular weight excluding hydrogens is 466 g/mol. The molecule has 3 aromatic carbocycles. The largest absolute Gasteiger partial charge is 0.480 e. The molecule has 5 aromatic rings. The third-order valence-electron chi connectivity index (χ3n) is 6.32. The van der Waals surface area contributed by atoms with Crippen molar-refractivity contribution in [3.05, 3.63) is 95.0 Å². The number of hydrogen-bond donors (Lipinski definition) is 4. The number of H-pyrrole nitrogens is 1. The summed E-state index contributed by atoms with van der Waals surface area (Å²) >= 11 is 0.